The molecule has 0 heterocycles. The lowest BCUT2D eigenvalue weighted by molar-refractivity contribution is 0.00567. The maximum Gasteiger partial charge on any atom is 0.163 e. The van der Waals surface area contributed by atoms with Gasteiger partial charge in [-0.3, -0.25) is 0 Å². The van der Waals surface area contributed by atoms with Crippen LogP contribution in [0.5, 0.6) is 11.5 Å². The van der Waals surface area contributed by atoms with E-state index in [4.69, 9.17) is 9.47 Å². The van der Waals surface area contributed by atoms with E-state index in [9.17, 15) is 9.50 Å². The SMILES string of the molecule is COc1cc(F)c(C(O)C2(C)CCCCC2)cc1OC. The Labute approximate surface area is 119 Å². The van der Waals surface area contributed by atoms with Crippen molar-refractivity contribution < 1.29 is 19.0 Å². The Hall–Kier alpha value is -1.29. The van der Waals surface area contributed by atoms with Crippen molar-refractivity contribution in [3.63, 3.8) is 0 Å². The number of hydrogen-bond acceptors (Lipinski definition) is 3. The molecule has 0 bridgehead atoms. The summed E-state index contributed by atoms with van der Waals surface area (Å²) in [6.07, 6.45) is 4.38. The van der Waals surface area contributed by atoms with Crippen molar-refractivity contribution in [3.05, 3.63) is 23.5 Å². The van der Waals surface area contributed by atoms with Gasteiger partial charge in [-0.05, 0) is 24.3 Å². The van der Waals surface area contributed by atoms with Crippen LogP contribution in [0.15, 0.2) is 12.1 Å². The lowest BCUT2D eigenvalue weighted by Crippen LogP contribution is -2.28. The Bertz CT molecular complexity index is 467. The second kappa shape index (κ2) is 6.00. The molecule has 0 aromatic heterocycles. The van der Waals surface area contributed by atoms with Gasteiger partial charge < -0.3 is 14.6 Å². The number of methoxy groups -OCH3 is 2. The van der Waals surface area contributed by atoms with E-state index in [2.05, 4.69) is 0 Å². The lowest BCUT2D eigenvalue weighted by atomic mass is 9.70. The molecule has 1 aliphatic carbocycles. The largest absolute Gasteiger partial charge is 0.493 e. The first-order chi connectivity index (χ1) is 9.51. The molecule has 20 heavy (non-hydrogen) atoms. The molecule has 4 heteroatoms. The molecule has 0 spiro atoms. The third-order valence-corrected chi connectivity index (χ3v) is 4.45. The molecule has 0 radical (unpaired) electrons. The van der Waals surface area contributed by atoms with E-state index in [0.717, 1.165) is 25.7 Å². The summed E-state index contributed by atoms with van der Waals surface area (Å²) < 4.78 is 24.5. The molecule has 1 atom stereocenters. The summed E-state index contributed by atoms with van der Waals surface area (Å²) in [6, 6.07) is 2.84. The molecule has 1 N–H and O–H groups in total. The number of halogens is 1. The van der Waals surface area contributed by atoms with Gasteiger partial charge in [0.2, 0.25) is 0 Å². The van der Waals surface area contributed by atoms with E-state index >= 15 is 0 Å². The minimum atomic E-state index is -0.817. The first-order valence-corrected chi connectivity index (χ1v) is 7.11. The van der Waals surface area contributed by atoms with Crippen LogP contribution in [0.2, 0.25) is 0 Å². The molecule has 1 aliphatic rings. The fourth-order valence-electron chi connectivity index (χ4n) is 3.09. The van der Waals surface area contributed by atoms with Gasteiger partial charge in [0.1, 0.15) is 5.82 Å². The zero-order chi connectivity index (χ0) is 14.8. The molecule has 1 aromatic carbocycles. The van der Waals surface area contributed by atoms with E-state index in [1.54, 1.807) is 6.07 Å². The number of hydrogen-bond donors (Lipinski definition) is 1. The smallest absolute Gasteiger partial charge is 0.163 e. The molecule has 1 aromatic rings. The highest BCUT2D eigenvalue weighted by molar-refractivity contribution is 5.44. The molecule has 2 rings (SSSR count). The van der Waals surface area contributed by atoms with Gasteiger partial charge in [-0.25, -0.2) is 4.39 Å². The summed E-state index contributed by atoms with van der Waals surface area (Å²) in [5.74, 6) is 0.346. The number of benzene rings is 1. The number of ether oxygens (including phenoxy) is 2. The molecule has 1 saturated carbocycles. The van der Waals surface area contributed by atoms with Gasteiger partial charge in [0.25, 0.3) is 0 Å². The number of aliphatic hydroxyl groups is 1. The Morgan fingerprint density at radius 2 is 1.65 bits per heavy atom. The Balaban J connectivity index is 2.36. The molecule has 112 valence electrons. The highest BCUT2D eigenvalue weighted by Gasteiger charge is 2.37. The zero-order valence-electron chi connectivity index (χ0n) is 12.4. The standard InChI is InChI=1S/C16H23FO3/c1-16(7-5-4-6-8-16)15(18)11-9-13(19-2)14(20-3)10-12(11)17/h9-10,15,18H,4-8H2,1-3H3. The molecule has 3 nitrogen and oxygen atoms in total. The second-order valence-corrected chi connectivity index (χ2v) is 5.85. The summed E-state index contributed by atoms with van der Waals surface area (Å²) in [5.41, 5.74) is 0.0330. The van der Waals surface area contributed by atoms with Gasteiger partial charge >= 0.3 is 0 Å². The molecule has 1 fully saturated rings. The predicted octanol–water partition coefficient (Wildman–Crippen LogP) is 3.85. The van der Waals surface area contributed by atoms with Gasteiger partial charge in [0.15, 0.2) is 11.5 Å². The third kappa shape index (κ3) is 2.75. The van der Waals surface area contributed by atoms with Gasteiger partial charge in [-0.1, -0.05) is 26.2 Å². The van der Waals surface area contributed by atoms with Crippen LogP contribution in [0.1, 0.15) is 50.7 Å². The van der Waals surface area contributed by atoms with Crippen LogP contribution >= 0.6 is 0 Å². The molecule has 0 saturated heterocycles. The molecule has 0 aliphatic heterocycles. The van der Waals surface area contributed by atoms with Crippen molar-refractivity contribution in [2.75, 3.05) is 14.2 Å². The summed E-state index contributed by atoms with van der Waals surface area (Å²) in [5, 5.41) is 10.6. The number of aliphatic hydroxyl groups excluding tert-OH is 1. The van der Waals surface area contributed by atoms with E-state index in [1.165, 1.54) is 26.7 Å². The first-order valence-electron chi connectivity index (χ1n) is 7.11. The van der Waals surface area contributed by atoms with Crippen LogP contribution < -0.4 is 9.47 Å². The lowest BCUT2D eigenvalue weighted by Gasteiger charge is -2.38. The summed E-state index contributed by atoms with van der Waals surface area (Å²) in [7, 11) is 2.98. The maximum absolute atomic E-state index is 14.2. The summed E-state index contributed by atoms with van der Waals surface area (Å²) in [4.78, 5) is 0. The molecule has 0 amide bonds. The van der Waals surface area contributed by atoms with E-state index in [1.807, 2.05) is 6.92 Å². The summed E-state index contributed by atoms with van der Waals surface area (Å²) >= 11 is 0. The average molecular weight is 282 g/mol. The zero-order valence-corrected chi connectivity index (χ0v) is 12.4. The van der Waals surface area contributed by atoms with E-state index in [-0.39, 0.29) is 5.41 Å². The fourth-order valence-corrected chi connectivity index (χ4v) is 3.09. The fraction of sp³-hybridized carbons (Fsp3) is 0.625. The van der Waals surface area contributed by atoms with E-state index < -0.39 is 11.9 Å². The quantitative estimate of drug-likeness (QED) is 0.911. The van der Waals surface area contributed by atoms with Crippen LogP contribution in [0.25, 0.3) is 0 Å². The highest BCUT2D eigenvalue weighted by atomic mass is 19.1. The van der Waals surface area contributed by atoms with Crippen LogP contribution in [0.4, 0.5) is 4.39 Å². The van der Waals surface area contributed by atoms with Gasteiger partial charge in [-0.2, -0.15) is 0 Å². The average Bonchev–Trinajstić information content (AvgIpc) is 2.47. The second-order valence-electron chi connectivity index (χ2n) is 5.85. The molecule has 1 unspecified atom stereocenters. The third-order valence-electron chi connectivity index (χ3n) is 4.45. The van der Waals surface area contributed by atoms with E-state index in [0.29, 0.717) is 17.1 Å². The topological polar surface area (TPSA) is 38.7 Å². The van der Waals surface area contributed by atoms with Gasteiger partial charge in [0, 0.05) is 11.6 Å². The van der Waals surface area contributed by atoms with Crippen molar-refractivity contribution in [2.45, 2.75) is 45.1 Å². The Morgan fingerprint density at radius 1 is 1.10 bits per heavy atom. The predicted molar refractivity (Wildman–Crippen MR) is 75.7 cm³/mol. The van der Waals surface area contributed by atoms with Crippen LogP contribution in [-0.2, 0) is 0 Å². The normalized spacial score (nSPS) is 19.4. The van der Waals surface area contributed by atoms with Crippen molar-refractivity contribution in [2.24, 2.45) is 5.41 Å². The Kier molecular flexibility index (Phi) is 4.53. The monoisotopic (exact) mass is 282 g/mol. The van der Waals surface area contributed by atoms with Crippen molar-refractivity contribution in [1.82, 2.24) is 0 Å². The maximum atomic E-state index is 14.2. The van der Waals surface area contributed by atoms with Crippen LogP contribution in [0, 0.1) is 11.2 Å². The minimum absolute atomic E-state index is 0.265. The van der Waals surface area contributed by atoms with Crippen LogP contribution in [0.3, 0.4) is 0 Å². The summed E-state index contributed by atoms with van der Waals surface area (Å²) in [6.45, 7) is 2.03. The molecular weight excluding hydrogens is 259 g/mol. The van der Waals surface area contributed by atoms with Crippen molar-refractivity contribution >= 4 is 0 Å². The van der Waals surface area contributed by atoms with Crippen LogP contribution in [-0.4, -0.2) is 19.3 Å². The minimum Gasteiger partial charge on any atom is -0.493 e. The number of rotatable bonds is 4. The van der Waals surface area contributed by atoms with Crippen molar-refractivity contribution in [3.8, 4) is 11.5 Å². The van der Waals surface area contributed by atoms with Gasteiger partial charge in [-0.15, -0.1) is 0 Å². The van der Waals surface area contributed by atoms with Crippen molar-refractivity contribution in [1.29, 1.82) is 0 Å². The highest BCUT2D eigenvalue weighted by Crippen LogP contribution is 2.47. The van der Waals surface area contributed by atoms with Gasteiger partial charge in [0.05, 0.1) is 20.3 Å². The Morgan fingerprint density at radius 3 is 2.20 bits per heavy atom. The first kappa shape index (κ1) is 15.1. The molecular formula is C16H23FO3.